The fourth-order valence-electron chi connectivity index (χ4n) is 3.79. The first kappa shape index (κ1) is 18.4. The number of hydrogen-bond acceptors (Lipinski definition) is 0. The van der Waals surface area contributed by atoms with Crippen LogP contribution in [0.25, 0.3) is 0 Å². The van der Waals surface area contributed by atoms with Crippen LogP contribution in [0, 0.1) is 29.3 Å². The van der Waals surface area contributed by atoms with E-state index in [0.717, 1.165) is 24.5 Å². The lowest BCUT2D eigenvalue weighted by Crippen LogP contribution is -2.15. The van der Waals surface area contributed by atoms with Crippen LogP contribution in [0.2, 0.25) is 0 Å². The molecule has 0 radical (unpaired) electrons. The fraction of sp³-hybridized carbons (Fsp3) is 0.700. The quantitative estimate of drug-likeness (QED) is 0.363. The number of unbranched alkanes of at least 4 members (excludes halogenated alkanes) is 3. The molecule has 130 valence electrons. The highest BCUT2D eigenvalue weighted by Crippen LogP contribution is 2.34. The Morgan fingerprint density at radius 1 is 0.826 bits per heavy atom. The van der Waals surface area contributed by atoms with Gasteiger partial charge in [-0.15, -0.1) is 0 Å². The van der Waals surface area contributed by atoms with Crippen molar-refractivity contribution in [3.8, 4) is 0 Å². The van der Waals surface area contributed by atoms with Crippen molar-refractivity contribution >= 4 is 0 Å². The topological polar surface area (TPSA) is 0 Å². The third kappa shape index (κ3) is 5.86. The molecule has 1 aromatic carbocycles. The second-order valence-electron chi connectivity index (χ2n) is 7.15. The maximum absolute atomic E-state index is 13.2. The monoisotopic (exact) mass is 326 g/mol. The Morgan fingerprint density at radius 3 is 1.96 bits per heavy atom. The van der Waals surface area contributed by atoms with Gasteiger partial charge in [0, 0.05) is 0 Å². The third-order valence-corrected chi connectivity index (χ3v) is 5.32. The molecule has 2 rings (SSSR count). The first-order valence-corrected chi connectivity index (χ1v) is 9.23. The molecule has 23 heavy (non-hydrogen) atoms. The van der Waals surface area contributed by atoms with Crippen LogP contribution in [0.5, 0.6) is 0 Å². The molecule has 0 bridgehead atoms. The molecule has 0 nitrogen and oxygen atoms in total. The van der Waals surface area contributed by atoms with Gasteiger partial charge in [0.15, 0.2) is 17.5 Å². The van der Waals surface area contributed by atoms with Gasteiger partial charge in [-0.1, -0.05) is 64.7 Å². The zero-order chi connectivity index (χ0) is 16.7. The van der Waals surface area contributed by atoms with Gasteiger partial charge in [-0.25, -0.2) is 13.2 Å². The van der Waals surface area contributed by atoms with Crippen molar-refractivity contribution in [3.63, 3.8) is 0 Å². The van der Waals surface area contributed by atoms with Crippen molar-refractivity contribution in [2.24, 2.45) is 11.8 Å². The molecule has 0 N–H and O–H groups in total. The van der Waals surface area contributed by atoms with Crippen LogP contribution in [-0.4, -0.2) is 0 Å². The molecule has 0 saturated heterocycles. The zero-order valence-corrected chi connectivity index (χ0v) is 14.2. The third-order valence-electron chi connectivity index (χ3n) is 5.32. The summed E-state index contributed by atoms with van der Waals surface area (Å²) in [6, 6.07) is 2.27. The lowest BCUT2D eigenvalue weighted by molar-refractivity contribution is 0.248. The van der Waals surface area contributed by atoms with Crippen LogP contribution in [0.1, 0.15) is 76.7 Å². The molecule has 0 aliphatic heterocycles. The Balaban J connectivity index is 1.68. The van der Waals surface area contributed by atoms with E-state index in [0.29, 0.717) is 17.9 Å². The first-order valence-electron chi connectivity index (χ1n) is 9.23. The molecule has 0 atom stereocenters. The van der Waals surface area contributed by atoms with Gasteiger partial charge in [-0.3, -0.25) is 0 Å². The average Bonchev–Trinajstić information content (AvgIpc) is 2.55. The van der Waals surface area contributed by atoms with E-state index in [1.807, 2.05) is 0 Å². The molecule has 3 heteroatoms. The van der Waals surface area contributed by atoms with Gasteiger partial charge in [-0.2, -0.15) is 0 Å². The van der Waals surface area contributed by atoms with Gasteiger partial charge >= 0.3 is 0 Å². The van der Waals surface area contributed by atoms with Crippen LogP contribution in [0.4, 0.5) is 13.2 Å². The largest absolute Gasteiger partial charge is 0.204 e. The summed E-state index contributed by atoms with van der Waals surface area (Å²) in [5.74, 6) is -1.98. The summed E-state index contributed by atoms with van der Waals surface area (Å²) in [5.41, 5.74) is 0.572. The van der Waals surface area contributed by atoms with Gasteiger partial charge in [0.05, 0.1) is 0 Å². The minimum absolute atomic E-state index is 0.572. The van der Waals surface area contributed by atoms with E-state index in [4.69, 9.17) is 0 Å². The van der Waals surface area contributed by atoms with Crippen LogP contribution >= 0.6 is 0 Å². The minimum Gasteiger partial charge on any atom is -0.204 e. The second-order valence-corrected chi connectivity index (χ2v) is 7.15. The summed E-state index contributed by atoms with van der Waals surface area (Å²) in [7, 11) is 0. The molecule has 1 aliphatic carbocycles. The summed E-state index contributed by atoms with van der Waals surface area (Å²) in [4.78, 5) is 0. The molecule has 1 saturated carbocycles. The minimum atomic E-state index is -1.36. The van der Waals surface area contributed by atoms with Crippen LogP contribution in [0.3, 0.4) is 0 Å². The Bertz CT molecular complexity index is 453. The highest BCUT2D eigenvalue weighted by molar-refractivity contribution is 5.19. The number of halogens is 3. The van der Waals surface area contributed by atoms with Gasteiger partial charge in [0.1, 0.15) is 0 Å². The van der Waals surface area contributed by atoms with Crippen molar-refractivity contribution < 1.29 is 13.2 Å². The smallest absolute Gasteiger partial charge is 0.194 e. The first-order chi connectivity index (χ1) is 11.1. The summed E-state index contributed by atoms with van der Waals surface area (Å²) in [6.07, 6.45) is 13.3. The molecule has 1 aliphatic rings. The number of benzene rings is 1. The van der Waals surface area contributed by atoms with Crippen molar-refractivity contribution in [2.45, 2.75) is 77.6 Å². The van der Waals surface area contributed by atoms with Crippen LogP contribution < -0.4 is 0 Å². The predicted molar refractivity (Wildman–Crippen MR) is 88.8 cm³/mol. The van der Waals surface area contributed by atoms with E-state index in [-0.39, 0.29) is 0 Å². The van der Waals surface area contributed by atoms with E-state index in [1.54, 1.807) is 0 Å². The van der Waals surface area contributed by atoms with Crippen LogP contribution in [0.15, 0.2) is 12.1 Å². The Morgan fingerprint density at radius 2 is 1.39 bits per heavy atom. The average molecular weight is 326 g/mol. The van der Waals surface area contributed by atoms with Crippen molar-refractivity contribution in [2.75, 3.05) is 0 Å². The lowest BCUT2D eigenvalue weighted by atomic mass is 9.78. The normalized spacial score (nSPS) is 21.6. The zero-order valence-electron chi connectivity index (χ0n) is 14.2. The van der Waals surface area contributed by atoms with E-state index >= 15 is 0 Å². The number of rotatable bonds is 8. The molecule has 0 spiro atoms. The molecule has 0 amide bonds. The maximum atomic E-state index is 13.2. The Hall–Kier alpha value is -0.990. The molecule has 0 heterocycles. The fourth-order valence-corrected chi connectivity index (χ4v) is 3.79. The highest BCUT2D eigenvalue weighted by atomic mass is 19.2. The van der Waals surface area contributed by atoms with Gasteiger partial charge in [-0.05, 0) is 42.4 Å². The SMILES string of the molecule is CCCCCC[C@H]1CC[C@H](CCc2cc(F)c(F)c(F)c2)CC1. The predicted octanol–water partition coefficient (Wildman–Crippen LogP) is 6.81. The van der Waals surface area contributed by atoms with Crippen LogP contribution in [-0.2, 0) is 6.42 Å². The second kappa shape index (κ2) is 9.34. The van der Waals surface area contributed by atoms with Gasteiger partial charge in [0.2, 0.25) is 0 Å². The summed E-state index contributed by atoms with van der Waals surface area (Å²) in [5, 5.41) is 0. The number of hydrogen-bond donors (Lipinski definition) is 0. The molecule has 1 fully saturated rings. The van der Waals surface area contributed by atoms with E-state index in [2.05, 4.69) is 6.92 Å². The van der Waals surface area contributed by atoms with Gasteiger partial charge in [0.25, 0.3) is 0 Å². The standard InChI is InChI=1S/C20H29F3/c1-2-3-4-5-6-15-7-9-16(10-8-15)11-12-17-13-18(21)20(23)19(22)14-17/h13-16H,2-12H2,1H3/t15-,16-. The lowest BCUT2D eigenvalue weighted by Gasteiger charge is -2.28. The van der Waals surface area contributed by atoms with E-state index in [1.165, 1.54) is 57.8 Å². The summed E-state index contributed by atoms with van der Waals surface area (Å²) < 4.78 is 39.4. The number of aryl methyl sites for hydroxylation is 1. The maximum Gasteiger partial charge on any atom is 0.194 e. The molecular weight excluding hydrogens is 297 g/mol. The molecule has 1 aromatic rings. The Labute approximate surface area is 138 Å². The van der Waals surface area contributed by atoms with Gasteiger partial charge < -0.3 is 0 Å². The van der Waals surface area contributed by atoms with E-state index < -0.39 is 17.5 Å². The molecule has 0 unspecified atom stereocenters. The van der Waals surface area contributed by atoms with Crippen molar-refractivity contribution in [3.05, 3.63) is 35.1 Å². The summed E-state index contributed by atoms with van der Waals surface area (Å²) in [6.45, 7) is 2.24. The summed E-state index contributed by atoms with van der Waals surface area (Å²) >= 11 is 0. The highest BCUT2D eigenvalue weighted by Gasteiger charge is 2.21. The molecule has 0 aromatic heterocycles. The van der Waals surface area contributed by atoms with E-state index in [9.17, 15) is 13.2 Å². The van der Waals surface area contributed by atoms with Crippen molar-refractivity contribution in [1.82, 2.24) is 0 Å². The molecular formula is C20H29F3. The Kier molecular flexibility index (Phi) is 7.45. The van der Waals surface area contributed by atoms with Crippen molar-refractivity contribution in [1.29, 1.82) is 0 Å².